The van der Waals surface area contributed by atoms with E-state index in [4.69, 9.17) is 9.47 Å². The number of esters is 1. The van der Waals surface area contributed by atoms with E-state index >= 15 is 0 Å². The molecule has 2 rings (SSSR count). The van der Waals surface area contributed by atoms with Crippen molar-refractivity contribution in [1.82, 2.24) is 4.90 Å². The number of amides is 1. The highest BCUT2D eigenvalue weighted by Gasteiger charge is 2.29. The number of benzene rings is 2. The van der Waals surface area contributed by atoms with E-state index in [9.17, 15) is 9.59 Å². The standard InChI is InChI=1S/C19H21NO4/c1-20(17(21)13-14-8-7-11-16(12-14)23-2)18(19(22)24-3)15-9-5-4-6-10-15/h4-12,18H,13H2,1-3H3. The van der Waals surface area contributed by atoms with Crippen LogP contribution in [0.2, 0.25) is 0 Å². The minimum absolute atomic E-state index is 0.175. The smallest absolute Gasteiger partial charge is 0.333 e. The van der Waals surface area contributed by atoms with E-state index in [-0.39, 0.29) is 12.3 Å². The molecule has 0 N–H and O–H groups in total. The van der Waals surface area contributed by atoms with Crippen molar-refractivity contribution in [3.8, 4) is 5.75 Å². The summed E-state index contributed by atoms with van der Waals surface area (Å²) in [4.78, 5) is 26.2. The maximum absolute atomic E-state index is 12.6. The van der Waals surface area contributed by atoms with Crippen molar-refractivity contribution in [2.45, 2.75) is 12.5 Å². The molecule has 0 bridgehead atoms. The first-order chi connectivity index (χ1) is 11.6. The Balaban J connectivity index is 2.20. The molecule has 126 valence electrons. The third-order valence-corrected chi connectivity index (χ3v) is 3.81. The number of rotatable bonds is 6. The molecule has 0 aliphatic heterocycles. The molecule has 0 saturated carbocycles. The van der Waals surface area contributed by atoms with Gasteiger partial charge in [0.25, 0.3) is 0 Å². The number of carbonyl (C=O) groups is 2. The highest BCUT2D eigenvalue weighted by Crippen LogP contribution is 2.22. The van der Waals surface area contributed by atoms with Crippen LogP contribution in [0, 0.1) is 0 Å². The summed E-state index contributed by atoms with van der Waals surface area (Å²) >= 11 is 0. The molecule has 1 unspecified atom stereocenters. The van der Waals surface area contributed by atoms with Crippen molar-refractivity contribution in [3.05, 3.63) is 65.7 Å². The zero-order chi connectivity index (χ0) is 17.5. The number of methoxy groups -OCH3 is 2. The van der Waals surface area contributed by atoms with Gasteiger partial charge in [-0.25, -0.2) is 4.79 Å². The first-order valence-electron chi connectivity index (χ1n) is 7.58. The number of hydrogen-bond donors (Lipinski definition) is 0. The van der Waals surface area contributed by atoms with Crippen molar-refractivity contribution in [1.29, 1.82) is 0 Å². The third-order valence-electron chi connectivity index (χ3n) is 3.81. The first kappa shape index (κ1) is 17.5. The minimum atomic E-state index is -0.769. The highest BCUT2D eigenvalue weighted by atomic mass is 16.5. The highest BCUT2D eigenvalue weighted by molar-refractivity contribution is 5.86. The maximum atomic E-state index is 12.6. The zero-order valence-electron chi connectivity index (χ0n) is 14.1. The monoisotopic (exact) mass is 327 g/mol. The van der Waals surface area contributed by atoms with E-state index in [1.165, 1.54) is 12.0 Å². The van der Waals surface area contributed by atoms with E-state index < -0.39 is 12.0 Å². The molecule has 2 aromatic carbocycles. The van der Waals surface area contributed by atoms with E-state index in [1.807, 2.05) is 36.4 Å². The molecule has 1 amide bonds. The van der Waals surface area contributed by atoms with Gasteiger partial charge in [0.1, 0.15) is 5.75 Å². The third kappa shape index (κ3) is 4.13. The Hall–Kier alpha value is -2.82. The fraction of sp³-hybridized carbons (Fsp3) is 0.263. The first-order valence-corrected chi connectivity index (χ1v) is 7.58. The predicted molar refractivity (Wildman–Crippen MR) is 90.7 cm³/mol. The van der Waals surface area contributed by atoms with Gasteiger partial charge in [0, 0.05) is 7.05 Å². The van der Waals surface area contributed by atoms with E-state index in [2.05, 4.69) is 0 Å². The average molecular weight is 327 g/mol. The molecule has 0 saturated heterocycles. The largest absolute Gasteiger partial charge is 0.497 e. The Morgan fingerprint density at radius 1 is 1.04 bits per heavy atom. The summed E-state index contributed by atoms with van der Waals surface area (Å²) in [7, 11) is 4.51. The van der Waals surface area contributed by atoms with Gasteiger partial charge < -0.3 is 14.4 Å². The van der Waals surface area contributed by atoms with Gasteiger partial charge in [0.2, 0.25) is 5.91 Å². The number of carbonyl (C=O) groups excluding carboxylic acids is 2. The molecule has 24 heavy (non-hydrogen) atoms. The topological polar surface area (TPSA) is 55.8 Å². The molecule has 0 aromatic heterocycles. The molecule has 5 heteroatoms. The molecule has 0 fully saturated rings. The summed E-state index contributed by atoms with van der Waals surface area (Å²) in [5, 5.41) is 0. The van der Waals surface area contributed by atoms with Crippen molar-refractivity contribution >= 4 is 11.9 Å². The molecule has 2 aromatic rings. The van der Waals surface area contributed by atoms with E-state index in [1.54, 1.807) is 32.4 Å². The van der Waals surface area contributed by atoms with Crippen LogP contribution in [0.25, 0.3) is 0 Å². The van der Waals surface area contributed by atoms with Crippen molar-refractivity contribution < 1.29 is 19.1 Å². The van der Waals surface area contributed by atoms with E-state index in [0.717, 1.165) is 5.56 Å². The number of likely N-dealkylation sites (N-methyl/N-ethyl adjacent to an activating group) is 1. The Morgan fingerprint density at radius 2 is 1.75 bits per heavy atom. The van der Waals surface area contributed by atoms with Crippen LogP contribution in [-0.4, -0.2) is 38.0 Å². The summed E-state index contributed by atoms with van der Waals surface area (Å²) in [5.41, 5.74) is 1.54. The molecule has 5 nitrogen and oxygen atoms in total. The second kappa shape index (κ2) is 8.15. The van der Waals surface area contributed by atoms with Crippen LogP contribution in [0.3, 0.4) is 0 Å². The molecular weight excluding hydrogens is 306 g/mol. The number of hydrogen-bond acceptors (Lipinski definition) is 4. The van der Waals surface area contributed by atoms with Crippen LogP contribution < -0.4 is 4.74 Å². The van der Waals surface area contributed by atoms with Crippen molar-refractivity contribution in [2.75, 3.05) is 21.3 Å². The van der Waals surface area contributed by atoms with Gasteiger partial charge in [-0.3, -0.25) is 4.79 Å². The maximum Gasteiger partial charge on any atom is 0.333 e. The molecule has 0 aliphatic carbocycles. The summed E-state index contributed by atoms with van der Waals surface area (Å²) in [6.07, 6.45) is 0.175. The Bertz CT molecular complexity index is 700. The SMILES string of the molecule is COC(=O)C(c1ccccc1)N(C)C(=O)Cc1cccc(OC)c1. The van der Waals surface area contributed by atoms with Crippen molar-refractivity contribution in [3.63, 3.8) is 0 Å². The lowest BCUT2D eigenvalue weighted by Crippen LogP contribution is -2.37. The molecule has 1 atom stereocenters. The second-order valence-electron chi connectivity index (χ2n) is 5.37. The molecule has 0 radical (unpaired) electrons. The van der Waals surface area contributed by atoms with Crippen LogP contribution in [-0.2, 0) is 20.7 Å². The lowest BCUT2D eigenvalue weighted by atomic mass is 10.0. The van der Waals surface area contributed by atoms with Crippen LogP contribution in [0.1, 0.15) is 17.2 Å². The molecular formula is C19H21NO4. The predicted octanol–water partition coefficient (Wildman–Crippen LogP) is 2.61. The lowest BCUT2D eigenvalue weighted by Gasteiger charge is -2.26. The van der Waals surface area contributed by atoms with Gasteiger partial charge in [-0.1, -0.05) is 42.5 Å². The van der Waals surface area contributed by atoms with Gasteiger partial charge in [0.05, 0.1) is 20.6 Å². The summed E-state index contributed by atoms with van der Waals surface area (Å²) in [5.74, 6) is 0.0423. The van der Waals surface area contributed by atoms with Crippen LogP contribution in [0.5, 0.6) is 5.75 Å². The zero-order valence-corrected chi connectivity index (χ0v) is 14.1. The summed E-state index contributed by atoms with van der Waals surface area (Å²) < 4.78 is 10.0. The normalized spacial score (nSPS) is 11.5. The fourth-order valence-electron chi connectivity index (χ4n) is 2.49. The van der Waals surface area contributed by atoms with E-state index in [0.29, 0.717) is 11.3 Å². The lowest BCUT2D eigenvalue weighted by molar-refractivity contribution is -0.152. The Kier molecular flexibility index (Phi) is 5.95. The fourth-order valence-corrected chi connectivity index (χ4v) is 2.49. The van der Waals surface area contributed by atoms with Gasteiger partial charge in [-0.2, -0.15) is 0 Å². The molecule has 0 heterocycles. The van der Waals surface area contributed by atoms with Crippen LogP contribution in [0.4, 0.5) is 0 Å². The number of nitrogens with zero attached hydrogens (tertiary/aromatic N) is 1. The Labute approximate surface area is 141 Å². The quantitative estimate of drug-likeness (QED) is 0.765. The Morgan fingerprint density at radius 3 is 2.38 bits per heavy atom. The van der Waals surface area contributed by atoms with Gasteiger partial charge in [-0.05, 0) is 23.3 Å². The summed E-state index contributed by atoms with van der Waals surface area (Å²) in [6.45, 7) is 0. The second-order valence-corrected chi connectivity index (χ2v) is 5.37. The molecule has 0 aliphatic rings. The van der Waals surface area contributed by atoms with Gasteiger partial charge in [-0.15, -0.1) is 0 Å². The minimum Gasteiger partial charge on any atom is -0.497 e. The van der Waals surface area contributed by atoms with Crippen LogP contribution >= 0.6 is 0 Å². The summed E-state index contributed by atoms with van der Waals surface area (Å²) in [6, 6.07) is 15.6. The number of ether oxygens (including phenoxy) is 2. The average Bonchev–Trinajstić information content (AvgIpc) is 2.62. The van der Waals surface area contributed by atoms with Gasteiger partial charge >= 0.3 is 5.97 Å². The van der Waals surface area contributed by atoms with Crippen LogP contribution in [0.15, 0.2) is 54.6 Å². The van der Waals surface area contributed by atoms with Crippen molar-refractivity contribution in [2.24, 2.45) is 0 Å². The molecule has 0 spiro atoms. The van der Waals surface area contributed by atoms with Gasteiger partial charge in [0.15, 0.2) is 6.04 Å².